The Hall–Kier alpha value is -0.810. The van der Waals surface area contributed by atoms with Gasteiger partial charge in [0.15, 0.2) is 0 Å². The molecular weight excluding hydrogens is 160 g/mol. The highest BCUT2D eigenvalue weighted by Crippen LogP contribution is 2.17. The van der Waals surface area contributed by atoms with E-state index in [-0.39, 0.29) is 12.1 Å². The van der Waals surface area contributed by atoms with Gasteiger partial charge in [-0.1, -0.05) is 0 Å². The van der Waals surface area contributed by atoms with Crippen molar-refractivity contribution in [3.05, 3.63) is 0 Å². The summed E-state index contributed by atoms with van der Waals surface area (Å²) in [6.45, 7) is 0. The first-order valence-corrected chi connectivity index (χ1v) is 4.02. The number of hydrogen-bond donors (Lipinski definition) is 4. The number of hydrogen-bond acceptors (Lipinski definition) is 3. The fourth-order valence-corrected chi connectivity index (χ4v) is 1.48. The van der Waals surface area contributed by atoms with Crippen molar-refractivity contribution in [2.24, 2.45) is 5.73 Å². The molecule has 70 valence electrons. The molecule has 0 aromatic heterocycles. The molecule has 0 spiro atoms. The van der Waals surface area contributed by atoms with E-state index in [2.05, 4.69) is 5.32 Å². The molecule has 0 aliphatic heterocycles. The van der Waals surface area contributed by atoms with Gasteiger partial charge in [0.05, 0.1) is 6.10 Å². The zero-order valence-electron chi connectivity index (χ0n) is 6.73. The summed E-state index contributed by atoms with van der Waals surface area (Å²) in [4.78, 5) is 10.2. The van der Waals surface area contributed by atoms with Crippen molar-refractivity contribution in [1.82, 2.24) is 5.32 Å². The Morgan fingerprint density at radius 1 is 1.50 bits per heavy atom. The first kappa shape index (κ1) is 9.28. The Kier molecular flexibility index (Phi) is 2.88. The number of rotatable bonds is 1. The largest absolute Gasteiger partial charge is 0.465 e. The molecule has 0 unspecified atom stereocenters. The van der Waals surface area contributed by atoms with E-state index >= 15 is 0 Å². The molecular formula is C7H14N2O3. The molecule has 0 aromatic carbocycles. The highest BCUT2D eigenvalue weighted by Gasteiger charge is 2.27. The van der Waals surface area contributed by atoms with Gasteiger partial charge in [-0.3, -0.25) is 0 Å². The quantitative estimate of drug-likeness (QED) is 0.430. The lowest BCUT2D eigenvalue weighted by Gasteiger charge is -2.30. The third-order valence-electron chi connectivity index (χ3n) is 2.20. The summed E-state index contributed by atoms with van der Waals surface area (Å²) in [5, 5.41) is 20.0. The molecule has 1 rings (SSSR count). The maximum absolute atomic E-state index is 10.2. The van der Waals surface area contributed by atoms with E-state index in [0.717, 1.165) is 0 Å². The predicted molar refractivity (Wildman–Crippen MR) is 42.8 cm³/mol. The molecule has 1 saturated carbocycles. The van der Waals surface area contributed by atoms with Crippen LogP contribution in [0.25, 0.3) is 0 Å². The number of nitrogens with two attached hydrogens (primary N) is 1. The lowest BCUT2D eigenvalue weighted by molar-refractivity contribution is 0.0902. The van der Waals surface area contributed by atoms with Crippen molar-refractivity contribution in [3.8, 4) is 0 Å². The number of carbonyl (C=O) groups is 1. The highest BCUT2D eigenvalue weighted by molar-refractivity contribution is 5.64. The molecule has 5 N–H and O–H groups in total. The van der Waals surface area contributed by atoms with Crippen LogP contribution in [0.2, 0.25) is 0 Å². The zero-order valence-corrected chi connectivity index (χ0v) is 6.73. The van der Waals surface area contributed by atoms with Crippen molar-refractivity contribution in [2.45, 2.75) is 37.5 Å². The van der Waals surface area contributed by atoms with E-state index in [1.54, 1.807) is 0 Å². The minimum atomic E-state index is -1.04. The first-order chi connectivity index (χ1) is 5.59. The fraction of sp³-hybridized carbons (Fsp3) is 0.857. The highest BCUT2D eigenvalue weighted by atomic mass is 16.4. The van der Waals surface area contributed by atoms with Crippen LogP contribution in [-0.2, 0) is 0 Å². The Morgan fingerprint density at radius 2 is 2.17 bits per heavy atom. The molecule has 0 bridgehead atoms. The SMILES string of the molecule is N[C@H]1CC[C@H](NC(=O)O)C[C@@H]1O. The average Bonchev–Trinajstić information content (AvgIpc) is 1.96. The molecule has 0 aromatic rings. The van der Waals surface area contributed by atoms with Crippen molar-refractivity contribution in [2.75, 3.05) is 0 Å². The monoisotopic (exact) mass is 174 g/mol. The minimum Gasteiger partial charge on any atom is -0.465 e. The number of aliphatic hydroxyl groups is 1. The molecule has 0 saturated heterocycles. The van der Waals surface area contributed by atoms with E-state index in [9.17, 15) is 9.90 Å². The molecule has 1 amide bonds. The summed E-state index contributed by atoms with van der Waals surface area (Å²) in [5.41, 5.74) is 5.55. The molecule has 12 heavy (non-hydrogen) atoms. The molecule has 0 radical (unpaired) electrons. The van der Waals surface area contributed by atoms with Crippen LogP contribution in [0.5, 0.6) is 0 Å². The summed E-state index contributed by atoms with van der Waals surface area (Å²) in [5.74, 6) is 0. The standard InChI is InChI=1S/C7H14N2O3/c8-5-2-1-4(3-6(5)10)9-7(11)12/h4-6,9-10H,1-3,8H2,(H,11,12)/t4-,5-,6-/m0/s1. The van der Waals surface area contributed by atoms with Crippen LogP contribution in [0.4, 0.5) is 4.79 Å². The van der Waals surface area contributed by atoms with Crippen molar-refractivity contribution >= 4 is 6.09 Å². The van der Waals surface area contributed by atoms with Gasteiger partial charge in [0.1, 0.15) is 0 Å². The number of amides is 1. The summed E-state index contributed by atoms with van der Waals surface area (Å²) < 4.78 is 0. The summed E-state index contributed by atoms with van der Waals surface area (Å²) in [7, 11) is 0. The zero-order chi connectivity index (χ0) is 9.14. The summed E-state index contributed by atoms with van der Waals surface area (Å²) >= 11 is 0. The third-order valence-corrected chi connectivity index (χ3v) is 2.20. The predicted octanol–water partition coefficient (Wildman–Crippen LogP) is -0.505. The second kappa shape index (κ2) is 3.73. The van der Waals surface area contributed by atoms with Gasteiger partial charge in [-0.2, -0.15) is 0 Å². The lowest BCUT2D eigenvalue weighted by Crippen LogP contribution is -2.47. The Balaban J connectivity index is 2.35. The summed E-state index contributed by atoms with van der Waals surface area (Å²) in [6, 6.07) is -0.339. The molecule has 5 nitrogen and oxygen atoms in total. The maximum atomic E-state index is 10.2. The van der Waals surface area contributed by atoms with Gasteiger partial charge in [0.25, 0.3) is 0 Å². The molecule has 0 heterocycles. The van der Waals surface area contributed by atoms with Gasteiger partial charge in [-0.15, -0.1) is 0 Å². The molecule has 3 atom stereocenters. The Labute approximate surface area is 70.6 Å². The van der Waals surface area contributed by atoms with E-state index < -0.39 is 12.2 Å². The molecule has 5 heteroatoms. The second-order valence-corrected chi connectivity index (χ2v) is 3.19. The van der Waals surface area contributed by atoms with Crippen molar-refractivity contribution in [3.63, 3.8) is 0 Å². The van der Waals surface area contributed by atoms with Crippen LogP contribution in [0.3, 0.4) is 0 Å². The molecule has 1 fully saturated rings. The molecule has 1 aliphatic rings. The van der Waals surface area contributed by atoms with Gasteiger partial charge in [-0.25, -0.2) is 4.79 Å². The summed E-state index contributed by atoms with van der Waals surface area (Å²) in [6.07, 6.45) is 0.197. The topological polar surface area (TPSA) is 95.6 Å². The fourth-order valence-electron chi connectivity index (χ4n) is 1.48. The number of aliphatic hydroxyl groups excluding tert-OH is 1. The van der Waals surface area contributed by atoms with Crippen LogP contribution in [-0.4, -0.2) is 34.5 Å². The van der Waals surface area contributed by atoms with Gasteiger partial charge >= 0.3 is 6.09 Å². The Morgan fingerprint density at radius 3 is 2.67 bits per heavy atom. The van der Waals surface area contributed by atoms with Crippen LogP contribution < -0.4 is 11.1 Å². The Bertz CT molecular complexity index is 174. The van der Waals surface area contributed by atoms with Crippen molar-refractivity contribution < 1.29 is 15.0 Å². The number of carboxylic acid groups (broad SMARTS) is 1. The average molecular weight is 174 g/mol. The van der Waals surface area contributed by atoms with Crippen LogP contribution in [0, 0.1) is 0 Å². The van der Waals surface area contributed by atoms with E-state index in [1.165, 1.54) is 0 Å². The van der Waals surface area contributed by atoms with Crippen LogP contribution >= 0.6 is 0 Å². The normalized spacial score (nSPS) is 36.0. The van der Waals surface area contributed by atoms with Gasteiger partial charge in [-0.05, 0) is 19.3 Å². The van der Waals surface area contributed by atoms with E-state index in [0.29, 0.717) is 19.3 Å². The van der Waals surface area contributed by atoms with Gasteiger partial charge < -0.3 is 21.3 Å². The lowest BCUT2D eigenvalue weighted by atomic mass is 9.89. The van der Waals surface area contributed by atoms with Crippen LogP contribution in [0.1, 0.15) is 19.3 Å². The van der Waals surface area contributed by atoms with Gasteiger partial charge in [0, 0.05) is 12.1 Å². The minimum absolute atomic E-state index is 0.141. The number of nitrogens with one attached hydrogen (secondary N) is 1. The molecule has 1 aliphatic carbocycles. The van der Waals surface area contributed by atoms with Crippen molar-refractivity contribution in [1.29, 1.82) is 0 Å². The first-order valence-electron chi connectivity index (χ1n) is 4.02. The van der Waals surface area contributed by atoms with Crippen LogP contribution in [0.15, 0.2) is 0 Å². The second-order valence-electron chi connectivity index (χ2n) is 3.19. The van der Waals surface area contributed by atoms with E-state index in [1.807, 2.05) is 0 Å². The van der Waals surface area contributed by atoms with Gasteiger partial charge in [0.2, 0.25) is 0 Å². The maximum Gasteiger partial charge on any atom is 0.404 e. The van der Waals surface area contributed by atoms with E-state index in [4.69, 9.17) is 10.8 Å². The third kappa shape index (κ3) is 2.35. The smallest absolute Gasteiger partial charge is 0.404 e.